The smallest absolute Gasteiger partial charge is 0.312 e. The molecule has 3 rings (SSSR count). The van der Waals surface area contributed by atoms with E-state index in [4.69, 9.17) is 4.74 Å². The van der Waals surface area contributed by atoms with Crippen LogP contribution in [0.2, 0.25) is 0 Å². The van der Waals surface area contributed by atoms with Crippen molar-refractivity contribution in [3.63, 3.8) is 0 Å². The molecule has 1 aliphatic rings. The van der Waals surface area contributed by atoms with Crippen molar-refractivity contribution in [3.8, 4) is 5.75 Å². The minimum Gasteiger partial charge on any atom is -0.426 e. The van der Waals surface area contributed by atoms with Crippen LogP contribution >= 0.6 is 0 Å². The second kappa shape index (κ2) is 5.28. The molecule has 0 N–H and O–H groups in total. The molecule has 0 bridgehead atoms. The second-order valence-electron chi connectivity index (χ2n) is 7.09. The molecule has 0 spiro atoms. The normalized spacial score (nSPS) is 17.8. The summed E-state index contributed by atoms with van der Waals surface area (Å²) in [6.07, 6.45) is 0.408. The molecule has 0 aromatic heterocycles. The maximum atomic E-state index is 12.0. The standard InChI is InChI=1S/C20H22O2/c1-13-7-5-6-8-15(13)16-12-19(21)22-18-10-9-14(11-17(16)18)20(2,3)4/h5-11,16H,12H2,1-4H3/t16-/m0/s1. The molecule has 1 heterocycles. The monoisotopic (exact) mass is 294 g/mol. The van der Waals surface area contributed by atoms with E-state index in [9.17, 15) is 4.79 Å². The van der Waals surface area contributed by atoms with E-state index in [1.807, 2.05) is 18.2 Å². The molecule has 1 aliphatic heterocycles. The van der Waals surface area contributed by atoms with Crippen molar-refractivity contribution in [1.82, 2.24) is 0 Å². The van der Waals surface area contributed by atoms with E-state index in [0.717, 1.165) is 5.56 Å². The lowest BCUT2D eigenvalue weighted by molar-refractivity contribution is -0.135. The van der Waals surface area contributed by atoms with Gasteiger partial charge in [-0.25, -0.2) is 0 Å². The van der Waals surface area contributed by atoms with E-state index < -0.39 is 0 Å². The van der Waals surface area contributed by atoms with Crippen LogP contribution in [0.3, 0.4) is 0 Å². The van der Waals surface area contributed by atoms with E-state index in [1.54, 1.807) is 0 Å². The summed E-state index contributed by atoms with van der Waals surface area (Å²) in [7, 11) is 0. The molecule has 0 saturated carbocycles. The number of fused-ring (bicyclic) bond motifs is 1. The summed E-state index contributed by atoms with van der Waals surface area (Å²) in [6, 6.07) is 14.5. The number of benzene rings is 2. The molecule has 0 aliphatic carbocycles. The van der Waals surface area contributed by atoms with Gasteiger partial charge in [-0.15, -0.1) is 0 Å². The SMILES string of the molecule is Cc1ccccc1[C@@H]1CC(=O)Oc2ccc(C(C)(C)C)cc21. The highest BCUT2D eigenvalue weighted by molar-refractivity contribution is 5.78. The largest absolute Gasteiger partial charge is 0.426 e. The van der Waals surface area contributed by atoms with Crippen molar-refractivity contribution in [2.45, 2.75) is 45.4 Å². The number of rotatable bonds is 1. The predicted octanol–water partition coefficient (Wildman–Crippen LogP) is 4.73. The molecule has 0 saturated heterocycles. The Hall–Kier alpha value is -2.09. The Morgan fingerprint density at radius 1 is 1.05 bits per heavy atom. The Morgan fingerprint density at radius 2 is 1.77 bits per heavy atom. The van der Waals surface area contributed by atoms with Crippen LogP contribution in [0.25, 0.3) is 0 Å². The lowest BCUT2D eigenvalue weighted by atomic mass is 9.80. The van der Waals surface area contributed by atoms with Crippen molar-refractivity contribution in [3.05, 3.63) is 64.7 Å². The third-order valence-corrected chi connectivity index (χ3v) is 4.41. The van der Waals surface area contributed by atoms with Crippen LogP contribution in [-0.2, 0) is 10.2 Å². The number of hydrogen-bond acceptors (Lipinski definition) is 2. The first-order valence-corrected chi connectivity index (χ1v) is 7.77. The predicted molar refractivity (Wildman–Crippen MR) is 88.4 cm³/mol. The lowest BCUT2D eigenvalue weighted by Gasteiger charge is -2.28. The molecule has 2 heteroatoms. The first kappa shape index (κ1) is 14.8. The van der Waals surface area contributed by atoms with Gasteiger partial charge in [-0.1, -0.05) is 57.2 Å². The molecule has 0 fully saturated rings. The van der Waals surface area contributed by atoms with Gasteiger partial charge in [0.05, 0.1) is 6.42 Å². The molecule has 22 heavy (non-hydrogen) atoms. The maximum absolute atomic E-state index is 12.0. The zero-order valence-corrected chi connectivity index (χ0v) is 13.6. The van der Waals surface area contributed by atoms with Gasteiger partial charge in [0.15, 0.2) is 0 Å². The molecule has 2 nitrogen and oxygen atoms in total. The minimum absolute atomic E-state index is 0.0762. The van der Waals surface area contributed by atoms with Crippen LogP contribution in [-0.4, -0.2) is 5.97 Å². The fraction of sp³-hybridized carbons (Fsp3) is 0.350. The van der Waals surface area contributed by atoms with Crippen molar-refractivity contribution < 1.29 is 9.53 Å². The summed E-state index contributed by atoms with van der Waals surface area (Å²) in [5.74, 6) is 0.640. The number of aryl methyl sites for hydroxylation is 1. The zero-order valence-electron chi connectivity index (χ0n) is 13.6. The third-order valence-electron chi connectivity index (χ3n) is 4.41. The Morgan fingerprint density at radius 3 is 2.45 bits per heavy atom. The number of carbonyl (C=O) groups excluding carboxylic acids is 1. The van der Waals surface area contributed by atoms with E-state index in [1.165, 1.54) is 16.7 Å². The lowest BCUT2D eigenvalue weighted by Crippen LogP contribution is -2.22. The highest BCUT2D eigenvalue weighted by Crippen LogP contribution is 2.41. The first-order chi connectivity index (χ1) is 10.4. The molecule has 0 amide bonds. The first-order valence-electron chi connectivity index (χ1n) is 7.77. The van der Waals surface area contributed by atoms with E-state index in [2.05, 4.69) is 52.0 Å². The van der Waals surface area contributed by atoms with Gasteiger partial charge in [-0.2, -0.15) is 0 Å². The number of hydrogen-bond donors (Lipinski definition) is 0. The Balaban J connectivity index is 2.15. The van der Waals surface area contributed by atoms with Gasteiger partial charge < -0.3 is 4.74 Å². The number of carbonyl (C=O) groups is 1. The average Bonchev–Trinajstić information content (AvgIpc) is 2.45. The number of esters is 1. The summed E-state index contributed by atoms with van der Waals surface area (Å²) >= 11 is 0. The summed E-state index contributed by atoms with van der Waals surface area (Å²) in [4.78, 5) is 12.0. The molecule has 1 atom stereocenters. The van der Waals surface area contributed by atoms with Crippen LogP contribution < -0.4 is 4.74 Å². The van der Waals surface area contributed by atoms with Crippen molar-refractivity contribution in [1.29, 1.82) is 0 Å². The highest BCUT2D eigenvalue weighted by Gasteiger charge is 2.30. The highest BCUT2D eigenvalue weighted by atomic mass is 16.5. The Bertz CT molecular complexity index is 723. The van der Waals surface area contributed by atoms with E-state index in [-0.39, 0.29) is 17.3 Å². The van der Waals surface area contributed by atoms with Gasteiger partial charge in [0.1, 0.15) is 5.75 Å². The van der Waals surface area contributed by atoms with Crippen LogP contribution in [0.4, 0.5) is 0 Å². The molecular formula is C20H22O2. The quantitative estimate of drug-likeness (QED) is 0.561. The zero-order chi connectivity index (χ0) is 15.9. The van der Waals surface area contributed by atoms with Gasteiger partial charge in [0.2, 0.25) is 0 Å². The van der Waals surface area contributed by atoms with E-state index in [0.29, 0.717) is 12.2 Å². The van der Waals surface area contributed by atoms with Gasteiger partial charge in [-0.3, -0.25) is 4.79 Å². The summed E-state index contributed by atoms with van der Waals surface area (Å²) < 4.78 is 5.45. The fourth-order valence-corrected chi connectivity index (χ4v) is 3.08. The molecular weight excluding hydrogens is 272 g/mol. The fourth-order valence-electron chi connectivity index (χ4n) is 3.08. The minimum atomic E-state index is -0.149. The molecule has 2 aromatic carbocycles. The van der Waals surface area contributed by atoms with Gasteiger partial charge in [-0.05, 0) is 35.1 Å². The third kappa shape index (κ3) is 2.66. The molecule has 0 radical (unpaired) electrons. The van der Waals surface area contributed by atoms with Crippen molar-refractivity contribution >= 4 is 5.97 Å². The summed E-state index contributed by atoms with van der Waals surface area (Å²) in [5, 5.41) is 0. The van der Waals surface area contributed by atoms with Crippen LogP contribution in [0.15, 0.2) is 42.5 Å². The Kier molecular flexibility index (Phi) is 3.56. The van der Waals surface area contributed by atoms with E-state index >= 15 is 0 Å². The van der Waals surface area contributed by atoms with Crippen LogP contribution in [0.1, 0.15) is 55.4 Å². The Labute approximate surface area is 132 Å². The molecule has 0 unspecified atom stereocenters. The van der Waals surface area contributed by atoms with Crippen molar-refractivity contribution in [2.24, 2.45) is 0 Å². The van der Waals surface area contributed by atoms with Gasteiger partial charge >= 0.3 is 5.97 Å². The van der Waals surface area contributed by atoms with Crippen molar-refractivity contribution in [2.75, 3.05) is 0 Å². The summed E-state index contributed by atoms with van der Waals surface area (Å²) in [6.45, 7) is 8.70. The summed E-state index contributed by atoms with van der Waals surface area (Å²) in [5.41, 5.74) is 4.90. The van der Waals surface area contributed by atoms with Gasteiger partial charge in [0.25, 0.3) is 0 Å². The van der Waals surface area contributed by atoms with Gasteiger partial charge in [0, 0.05) is 11.5 Å². The van der Waals surface area contributed by atoms with Crippen LogP contribution in [0, 0.1) is 6.92 Å². The molecule has 2 aromatic rings. The topological polar surface area (TPSA) is 26.3 Å². The number of ether oxygens (including phenoxy) is 1. The maximum Gasteiger partial charge on any atom is 0.312 e. The van der Waals surface area contributed by atoms with Crippen LogP contribution in [0.5, 0.6) is 5.75 Å². The average molecular weight is 294 g/mol. The second-order valence-corrected chi connectivity index (χ2v) is 7.09. The molecule has 114 valence electrons.